The first kappa shape index (κ1) is 16.2. The van der Waals surface area contributed by atoms with Gasteiger partial charge in [0.2, 0.25) is 5.91 Å². The van der Waals surface area contributed by atoms with Crippen LogP contribution in [0.25, 0.3) is 0 Å². The minimum absolute atomic E-state index is 0.0467. The van der Waals surface area contributed by atoms with Gasteiger partial charge >= 0.3 is 0 Å². The minimum Gasteiger partial charge on any atom is -0.338 e. The minimum atomic E-state index is -0.682. The van der Waals surface area contributed by atoms with Crippen molar-refractivity contribution in [3.05, 3.63) is 71.5 Å². The second-order valence-corrected chi connectivity index (χ2v) is 5.94. The van der Waals surface area contributed by atoms with Crippen LogP contribution in [0.1, 0.15) is 31.9 Å². The number of carbonyl (C=O) groups excluding carboxylic acids is 1. The molecule has 22 heavy (non-hydrogen) atoms. The molecular weight excluding hydrogens is 277 g/mol. The third-order valence-corrected chi connectivity index (χ3v) is 3.99. The third kappa shape index (κ3) is 3.53. The van der Waals surface area contributed by atoms with Crippen molar-refractivity contribution >= 4 is 5.91 Å². The molecule has 0 aliphatic carbocycles. The summed E-state index contributed by atoms with van der Waals surface area (Å²) in [5.41, 5.74) is 1.25. The van der Waals surface area contributed by atoms with Crippen LogP contribution in [-0.2, 0) is 16.8 Å². The van der Waals surface area contributed by atoms with Crippen LogP contribution >= 0.6 is 0 Å². The molecule has 0 aliphatic heterocycles. The summed E-state index contributed by atoms with van der Waals surface area (Å²) in [5.74, 6) is -0.242. The van der Waals surface area contributed by atoms with Crippen molar-refractivity contribution in [2.75, 3.05) is 6.54 Å². The molecule has 0 atom stereocenters. The molecule has 0 heterocycles. The molecule has 0 spiro atoms. The lowest BCUT2D eigenvalue weighted by Gasteiger charge is -2.32. The Balaban J connectivity index is 2.21. The van der Waals surface area contributed by atoms with E-state index >= 15 is 0 Å². The number of nitrogens with zero attached hydrogens (tertiary/aromatic N) is 1. The molecule has 3 heteroatoms. The van der Waals surface area contributed by atoms with Gasteiger partial charge in [0.1, 0.15) is 5.82 Å². The first-order chi connectivity index (χ1) is 10.4. The second-order valence-electron chi connectivity index (χ2n) is 5.94. The van der Waals surface area contributed by atoms with Gasteiger partial charge in [-0.05, 0) is 44.0 Å². The van der Waals surface area contributed by atoms with E-state index in [2.05, 4.69) is 0 Å². The number of benzene rings is 2. The second kappa shape index (κ2) is 6.73. The molecule has 0 saturated heterocycles. The Bertz CT molecular complexity index is 620. The molecule has 1 amide bonds. The lowest BCUT2D eigenvalue weighted by molar-refractivity contribution is -0.136. The zero-order valence-electron chi connectivity index (χ0n) is 13.3. The number of halogens is 1. The van der Waals surface area contributed by atoms with E-state index in [1.54, 1.807) is 12.1 Å². The van der Waals surface area contributed by atoms with Gasteiger partial charge in [-0.2, -0.15) is 0 Å². The normalized spacial score (nSPS) is 11.3. The van der Waals surface area contributed by atoms with Crippen LogP contribution in [-0.4, -0.2) is 17.4 Å². The van der Waals surface area contributed by atoms with Gasteiger partial charge in [-0.1, -0.05) is 42.5 Å². The maximum absolute atomic E-state index is 13.1. The van der Waals surface area contributed by atoms with E-state index < -0.39 is 5.41 Å². The van der Waals surface area contributed by atoms with Gasteiger partial charge in [0.25, 0.3) is 0 Å². The van der Waals surface area contributed by atoms with Crippen molar-refractivity contribution in [1.29, 1.82) is 0 Å². The zero-order chi connectivity index (χ0) is 16.2. The lowest BCUT2D eigenvalue weighted by Crippen LogP contribution is -2.43. The number of hydrogen-bond acceptors (Lipinski definition) is 1. The van der Waals surface area contributed by atoms with Gasteiger partial charge in [0.15, 0.2) is 0 Å². The molecule has 0 aromatic heterocycles. The molecule has 116 valence electrons. The fourth-order valence-corrected chi connectivity index (χ4v) is 2.52. The summed E-state index contributed by atoms with van der Waals surface area (Å²) in [7, 11) is 0. The fourth-order valence-electron chi connectivity index (χ4n) is 2.52. The smallest absolute Gasteiger partial charge is 0.232 e. The average Bonchev–Trinajstić information content (AvgIpc) is 2.53. The summed E-state index contributed by atoms with van der Waals surface area (Å²) in [5, 5.41) is 0. The monoisotopic (exact) mass is 299 g/mol. The topological polar surface area (TPSA) is 20.3 Å². The molecule has 0 bridgehead atoms. The molecule has 0 fully saturated rings. The third-order valence-electron chi connectivity index (χ3n) is 3.99. The van der Waals surface area contributed by atoms with Crippen LogP contribution in [0.3, 0.4) is 0 Å². The summed E-state index contributed by atoms with van der Waals surface area (Å²) in [6, 6.07) is 16.1. The van der Waals surface area contributed by atoms with E-state index in [4.69, 9.17) is 0 Å². The SMILES string of the molecule is CCN(Cc1ccccc1)C(=O)C(C)(C)c1ccc(F)cc1. The van der Waals surface area contributed by atoms with Gasteiger partial charge < -0.3 is 4.90 Å². The number of rotatable bonds is 5. The van der Waals surface area contributed by atoms with E-state index in [0.717, 1.165) is 11.1 Å². The standard InChI is InChI=1S/C19H22FNO/c1-4-21(14-15-8-6-5-7-9-15)18(22)19(2,3)16-10-12-17(20)13-11-16/h5-13H,4,14H2,1-3H3. The van der Waals surface area contributed by atoms with Crippen LogP contribution in [0.5, 0.6) is 0 Å². The van der Waals surface area contributed by atoms with Crippen molar-refractivity contribution in [3.63, 3.8) is 0 Å². The van der Waals surface area contributed by atoms with Gasteiger partial charge in [-0.3, -0.25) is 4.79 Å². The molecule has 2 rings (SSSR count). The first-order valence-electron chi connectivity index (χ1n) is 7.54. The molecule has 0 radical (unpaired) electrons. The Morgan fingerprint density at radius 3 is 2.18 bits per heavy atom. The quantitative estimate of drug-likeness (QED) is 0.812. The van der Waals surface area contributed by atoms with Crippen LogP contribution in [0, 0.1) is 5.82 Å². The largest absolute Gasteiger partial charge is 0.338 e. The summed E-state index contributed by atoms with van der Waals surface area (Å²) >= 11 is 0. The molecule has 2 nitrogen and oxygen atoms in total. The zero-order valence-corrected chi connectivity index (χ0v) is 13.3. The predicted octanol–water partition coefficient (Wildman–Crippen LogP) is 4.15. The molecular formula is C19H22FNO. The maximum atomic E-state index is 13.1. The summed E-state index contributed by atoms with van der Waals surface area (Å²) < 4.78 is 13.1. The first-order valence-corrected chi connectivity index (χ1v) is 7.54. The van der Waals surface area contributed by atoms with Crippen molar-refractivity contribution in [3.8, 4) is 0 Å². The molecule has 0 unspecified atom stereocenters. The predicted molar refractivity (Wildman–Crippen MR) is 87.0 cm³/mol. The highest BCUT2D eigenvalue weighted by Crippen LogP contribution is 2.26. The highest BCUT2D eigenvalue weighted by molar-refractivity contribution is 5.87. The molecule has 2 aromatic carbocycles. The van der Waals surface area contributed by atoms with Crippen molar-refractivity contribution in [2.45, 2.75) is 32.7 Å². The highest BCUT2D eigenvalue weighted by atomic mass is 19.1. The van der Waals surface area contributed by atoms with E-state index in [9.17, 15) is 9.18 Å². The van der Waals surface area contributed by atoms with Crippen molar-refractivity contribution < 1.29 is 9.18 Å². The fraction of sp³-hybridized carbons (Fsp3) is 0.316. The highest BCUT2D eigenvalue weighted by Gasteiger charge is 2.33. The number of carbonyl (C=O) groups is 1. The van der Waals surface area contributed by atoms with Crippen molar-refractivity contribution in [2.24, 2.45) is 0 Å². The molecule has 0 aliphatic rings. The Morgan fingerprint density at radius 2 is 1.64 bits per heavy atom. The van der Waals surface area contributed by atoms with E-state index in [1.807, 2.05) is 56.0 Å². The van der Waals surface area contributed by atoms with Gasteiger partial charge in [-0.25, -0.2) is 4.39 Å². The van der Waals surface area contributed by atoms with Gasteiger partial charge in [0.05, 0.1) is 5.41 Å². The van der Waals surface area contributed by atoms with Gasteiger partial charge in [-0.15, -0.1) is 0 Å². The number of hydrogen-bond donors (Lipinski definition) is 0. The van der Waals surface area contributed by atoms with E-state index in [1.165, 1.54) is 12.1 Å². The average molecular weight is 299 g/mol. The Morgan fingerprint density at radius 1 is 1.05 bits per heavy atom. The molecule has 2 aromatic rings. The van der Waals surface area contributed by atoms with Gasteiger partial charge in [0, 0.05) is 13.1 Å². The number of amides is 1. The molecule has 0 N–H and O–H groups in total. The van der Waals surface area contributed by atoms with Crippen LogP contribution in [0.2, 0.25) is 0 Å². The summed E-state index contributed by atoms with van der Waals surface area (Å²) in [6.45, 7) is 6.97. The van der Waals surface area contributed by atoms with Crippen molar-refractivity contribution in [1.82, 2.24) is 4.90 Å². The summed E-state index contributed by atoms with van der Waals surface area (Å²) in [6.07, 6.45) is 0. The Kier molecular flexibility index (Phi) is 4.96. The summed E-state index contributed by atoms with van der Waals surface area (Å²) in [4.78, 5) is 14.7. The van der Waals surface area contributed by atoms with Crippen LogP contribution in [0.15, 0.2) is 54.6 Å². The Labute approximate surface area is 131 Å². The number of likely N-dealkylation sites (N-methyl/N-ethyl adjacent to an activating group) is 1. The van der Waals surface area contributed by atoms with Crippen LogP contribution < -0.4 is 0 Å². The Hall–Kier alpha value is -2.16. The maximum Gasteiger partial charge on any atom is 0.232 e. The van der Waals surface area contributed by atoms with Crippen LogP contribution in [0.4, 0.5) is 4.39 Å². The lowest BCUT2D eigenvalue weighted by atomic mass is 9.83. The van der Waals surface area contributed by atoms with E-state index in [-0.39, 0.29) is 11.7 Å². The molecule has 0 saturated carbocycles. The van der Waals surface area contributed by atoms with E-state index in [0.29, 0.717) is 13.1 Å².